The highest BCUT2D eigenvalue weighted by Gasteiger charge is 2.14. The van der Waals surface area contributed by atoms with Crippen LogP contribution in [0.25, 0.3) is 5.65 Å². The summed E-state index contributed by atoms with van der Waals surface area (Å²) in [5, 5.41) is 4.54. The molecule has 0 aliphatic heterocycles. The Hall–Kier alpha value is -1.78. The Balaban J connectivity index is 2.66. The second-order valence-corrected chi connectivity index (χ2v) is 4.27. The molecule has 0 aliphatic rings. The Bertz CT molecular complexity index is 529. The number of anilines is 2. The predicted molar refractivity (Wildman–Crippen MR) is 69.8 cm³/mol. The molecule has 0 spiro atoms. The van der Waals surface area contributed by atoms with Gasteiger partial charge in [0.15, 0.2) is 5.65 Å². The number of fused-ring (bicyclic) bond motifs is 1. The Morgan fingerprint density at radius 3 is 2.53 bits per heavy atom. The normalized spacial score (nSPS) is 11.2. The number of hydrogen-bond donors (Lipinski definition) is 2. The molecule has 17 heavy (non-hydrogen) atoms. The van der Waals surface area contributed by atoms with Crippen molar-refractivity contribution >= 4 is 17.3 Å². The fourth-order valence-corrected chi connectivity index (χ4v) is 2.09. The first-order valence-corrected chi connectivity index (χ1v) is 6.09. The lowest BCUT2D eigenvalue weighted by molar-refractivity contribution is 0.820. The van der Waals surface area contributed by atoms with E-state index in [0.717, 1.165) is 37.0 Å². The number of nitrogens with two attached hydrogens (primary N) is 2. The van der Waals surface area contributed by atoms with Gasteiger partial charge in [0.05, 0.1) is 5.69 Å². The molecule has 0 aromatic carbocycles. The van der Waals surface area contributed by atoms with Crippen molar-refractivity contribution in [2.75, 3.05) is 11.5 Å². The molecule has 0 aliphatic carbocycles. The second kappa shape index (κ2) is 4.61. The van der Waals surface area contributed by atoms with Crippen LogP contribution in [0, 0.1) is 0 Å². The zero-order chi connectivity index (χ0) is 12.4. The van der Waals surface area contributed by atoms with Gasteiger partial charge in [-0.25, -0.2) is 4.98 Å². The first-order chi connectivity index (χ1) is 8.17. The van der Waals surface area contributed by atoms with Crippen molar-refractivity contribution in [3.8, 4) is 0 Å². The van der Waals surface area contributed by atoms with E-state index in [1.165, 1.54) is 5.56 Å². The van der Waals surface area contributed by atoms with Crippen LogP contribution in [0.15, 0.2) is 6.07 Å². The molecule has 0 bridgehead atoms. The number of aryl methyl sites for hydroxylation is 2. The maximum Gasteiger partial charge on any atom is 0.163 e. The SMILES string of the molecule is CCCc1nn2c(N)cc(N)nc2c1CCC. The van der Waals surface area contributed by atoms with Gasteiger partial charge in [0.1, 0.15) is 11.6 Å². The van der Waals surface area contributed by atoms with Crippen molar-refractivity contribution < 1.29 is 0 Å². The van der Waals surface area contributed by atoms with Crippen LogP contribution in [0.2, 0.25) is 0 Å². The molecule has 0 fully saturated rings. The number of nitrogens with zero attached hydrogens (tertiary/aromatic N) is 3. The van der Waals surface area contributed by atoms with Crippen molar-refractivity contribution in [3.63, 3.8) is 0 Å². The lowest BCUT2D eigenvalue weighted by Gasteiger charge is -2.01. The Morgan fingerprint density at radius 2 is 1.88 bits per heavy atom. The molecule has 0 saturated heterocycles. The molecule has 2 aromatic heterocycles. The third-order valence-electron chi connectivity index (χ3n) is 2.80. The molecule has 4 N–H and O–H groups in total. The quantitative estimate of drug-likeness (QED) is 0.843. The van der Waals surface area contributed by atoms with E-state index < -0.39 is 0 Å². The average molecular weight is 233 g/mol. The van der Waals surface area contributed by atoms with Gasteiger partial charge in [-0.3, -0.25) is 0 Å². The van der Waals surface area contributed by atoms with Crippen LogP contribution in [0.3, 0.4) is 0 Å². The maximum atomic E-state index is 5.91. The zero-order valence-electron chi connectivity index (χ0n) is 10.4. The van der Waals surface area contributed by atoms with Gasteiger partial charge in [0.2, 0.25) is 0 Å². The van der Waals surface area contributed by atoms with Crippen molar-refractivity contribution in [2.45, 2.75) is 39.5 Å². The van der Waals surface area contributed by atoms with Gasteiger partial charge >= 0.3 is 0 Å². The van der Waals surface area contributed by atoms with Crippen molar-refractivity contribution in [2.24, 2.45) is 0 Å². The minimum atomic E-state index is 0.454. The number of rotatable bonds is 4. The number of nitrogen functional groups attached to an aromatic ring is 2. The Morgan fingerprint density at radius 1 is 1.18 bits per heavy atom. The van der Waals surface area contributed by atoms with Gasteiger partial charge in [-0.2, -0.15) is 9.61 Å². The smallest absolute Gasteiger partial charge is 0.163 e. The summed E-state index contributed by atoms with van der Waals surface area (Å²) in [6, 6.07) is 1.64. The lowest BCUT2D eigenvalue weighted by Crippen LogP contribution is -2.03. The fourth-order valence-electron chi connectivity index (χ4n) is 2.09. The van der Waals surface area contributed by atoms with E-state index in [-0.39, 0.29) is 0 Å². The third kappa shape index (κ3) is 2.05. The van der Waals surface area contributed by atoms with Gasteiger partial charge in [-0.05, 0) is 12.8 Å². The highest BCUT2D eigenvalue weighted by molar-refractivity contribution is 5.59. The summed E-state index contributed by atoms with van der Waals surface area (Å²) in [4.78, 5) is 4.36. The molecule has 2 aromatic rings. The van der Waals surface area contributed by atoms with Gasteiger partial charge in [0.25, 0.3) is 0 Å². The van der Waals surface area contributed by atoms with Crippen LogP contribution in [0.1, 0.15) is 37.9 Å². The second-order valence-electron chi connectivity index (χ2n) is 4.27. The summed E-state index contributed by atoms with van der Waals surface area (Å²) in [7, 11) is 0. The maximum absolute atomic E-state index is 5.91. The highest BCUT2D eigenvalue weighted by Crippen LogP contribution is 2.21. The first-order valence-electron chi connectivity index (χ1n) is 6.09. The van der Waals surface area contributed by atoms with Crippen LogP contribution >= 0.6 is 0 Å². The molecule has 0 radical (unpaired) electrons. The molecule has 0 amide bonds. The molecule has 5 nitrogen and oxygen atoms in total. The van der Waals surface area contributed by atoms with Crippen molar-refractivity contribution in [1.82, 2.24) is 14.6 Å². The highest BCUT2D eigenvalue weighted by atomic mass is 15.3. The van der Waals surface area contributed by atoms with Crippen LogP contribution in [-0.2, 0) is 12.8 Å². The molecule has 0 saturated carbocycles. The molecule has 0 atom stereocenters. The van der Waals surface area contributed by atoms with Crippen LogP contribution in [-0.4, -0.2) is 14.6 Å². The number of hydrogen-bond acceptors (Lipinski definition) is 4. The van der Waals surface area contributed by atoms with E-state index >= 15 is 0 Å². The molecular weight excluding hydrogens is 214 g/mol. The molecule has 0 unspecified atom stereocenters. The van der Waals surface area contributed by atoms with Crippen molar-refractivity contribution in [3.05, 3.63) is 17.3 Å². The molecule has 2 rings (SSSR count). The van der Waals surface area contributed by atoms with Gasteiger partial charge in [-0.15, -0.1) is 0 Å². The topological polar surface area (TPSA) is 82.2 Å². The minimum absolute atomic E-state index is 0.454. The Kier molecular flexibility index (Phi) is 3.17. The predicted octanol–water partition coefficient (Wildman–Crippen LogP) is 1.80. The fraction of sp³-hybridized carbons (Fsp3) is 0.500. The lowest BCUT2D eigenvalue weighted by atomic mass is 10.1. The van der Waals surface area contributed by atoms with E-state index in [0.29, 0.717) is 11.6 Å². The molecule has 5 heteroatoms. The third-order valence-corrected chi connectivity index (χ3v) is 2.80. The Labute approximate surface area is 101 Å². The van der Waals surface area contributed by atoms with Gasteiger partial charge in [0, 0.05) is 11.6 Å². The van der Waals surface area contributed by atoms with E-state index in [1.54, 1.807) is 10.6 Å². The summed E-state index contributed by atoms with van der Waals surface area (Å²) in [5.74, 6) is 1.00. The first kappa shape index (κ1) is 11.7. The van der Waals surface area contributed by atoms with Gasteiger partial charge < -0.3 is 11.5 Å². The molecule has 92 valence electrons. The number of aromatic nitrogens is 3. The molecular formula is C12H19N5. The minimum Gasteiger partial charge on any atom is -0.384 e. The van der Waals surface area contributed by atoms with E-state index in [4.69, 9.17) is 11.5 Å². The standard InChI is InChI=1S/C12H19N5/c1-3-5-8-9(6-4-2)16-17-11(14)7-10(13)15-12(8)17/h7H,3-6,14H2,1-2H3,(H2,13,15). The monoisotopic (exact) mass is 233 g/mol. The van der Waals surface area contributed by atoms with Crippen molar-refractivity contribution in [1.29, 1.82) is 0 Å². The zero-order valence-corrected chi connectivity index (χ0v) is 10.4. The summed E-state index contributed by atoms with van der Waals surface area (Å²) in [5.41, 5.74) is 14.8. The summed E-state index contributed by atoms with van der Waals surface area (Å²) >= 11 is 0. The van der Waals surface area contributed by atoms with Gasteiger partial charge in [-0.1, -0.05) is 26.7 Å². The summed E-state index contributed by atoms with van der Waals surface area (Å²) < 4.78 is 1.70. The van der Waals surface area contributed by atoms with E-state index in [2.05, 4.69) is 23.9 Å². The van der Waals surface area contributed by atoms with E-state index in [1.807, 2.05) is 0 Å². The van der Waals surface area contributed by atoms with Crippen LogP contribution in [0.5, 0.6) is 0 Å². The summed E-state index contributed by atoms with van der Waals surface area (Å²) in [6.07, 6.45) is 4.05. The van der Waals surface area contributed by atoms with Crippen LogP contribution < -0.4 is 11.5 Å². The van der Waals surface area contributed by atoms with E-state index in [9.17, 15) is 0 Å². The summed E-state index contributed by atoms with van der Waals surface area (Å²) in [6.45, 7) is 4.29. The average Bonchev–Trinajstić information content (AvgIpc) is 2.59. The molecule has 2 heterocycles. The largest absolute Gasteiger partial charge is 0.384 e. The van der Waals surface area contributed by atoms with Crippen LogP contribution in [0.4, 0.5) is 11.6 Å².